The van der Waals surface area contributed by atoms with Crippen molar-refractivity contribution in [2.45, 2.75) is 6.54 Å². The molecule has 0 amide bonds. The smallest absolute Gasteiger partial charge is 0.0320 e. The van der Waals surface area contributed by atoms with Gasteiger partial charge in [0, 0.05) is 12.2 Å². The molecule has 0 aliphatic carbocycles. The fraction of sp³-hybridized carbons (Fsp3) is 0.0769. The summed E-state index contributed by atoms with van der Waals surface area (Å²) >= 11 is 0. The normalized spacial score (nSPS) is 10.2. The third-order valence-electron chi connectivity index (χ3n) is 2.43. The van der Waals surface area contributed by atoms with Crippen molar-refractivity contribution in [2.75, 3.05) is 5.73 Å². The SMILES string of the molecule is NCc1ccccc1-c1cccc(N)c1. The van der Waals surface area contributed by atoms with Crippen LogP contribution in [-0.2, 0) is 6.54 Å². The van der Waals surface area contributed by atoms with E-state index in [9.17, 15) is 0 Å². The molecule has 0 fully saturated rings. The monoisotopic (exact) mass is 198 g/mol. The summed E-state index contributed by atoms with van der Waals surface area (Å²) in [6, 6.07) is 16.0. The number of benzene rings is 2. The Morgan fingerprint density at radius 1 is 0.933 bits per heavy atom. The van der Waals surface area contributed by atoms with Gasteiger partial charge in [-0.2, -0.15) is 0 Å². The molecule has 0 bridgehead atoms. The van der Waals surface area contributed by atoms with E-state index < -0.39 is 0 Å². The highest BCUT2D eigenvalue weighted by atomic mass is 14.5. The average Bonchev–Trinajstić information content (AvgIpc) is 2.29. The van der Waals surface area contributed by atoms with Crippen LogP contribution in [-0.4, -0.2) is 0 Å². The van der Waals surface area contributed by atoms with E-state index in [1.54, 1.807) is 0 Å². The Morgan fingerprint density at radius 2 is 1.73 bits per heavy atom. The molecule has 0 spiro atoms. The lowest BCUT2D eigenvalue weighted by Crippen LogP contribution is -1.98. The van der Waals surface area contributed by atoms with E-state index in [1.165, 1.54) is 0 Å². The predicted molar refractivity (Wildman–Crippen MR) is 64.2 cm³/mol. The lowest BCUT2D eigenvalue weighted by atomic mass is 9.99. The molecule has 4 N–H and O–H groups in total. The standard InChI is InChI=1S/C13H14N2/c14-9-11-4-1-2-7-13(11)10-5-3-6-12(15)8-10/h1-8H,9,14-15H2. The number of hydrogen-bond donors (Lipinski definition) is 2. The summed E-state index contributed by atoms with van der Waals surface area (Å²) in [6.45, 7) is 0.547. The third-order valence-corrected chi connectivity index (χ3v) is 2.43. The van der Waals surface area contributed by atoms with Gasteiger partial charge in [0.15, 0.2) is 0 Å². The summed E-state index contributed by atoms with van der Waals surface area (Å²) in [6.07, 6.45) is 0. The molecule has 0 saturated carbocycles. The molecule has 2 aromatic carbocycles. The van der Waals surface area contributed by atoms with E-state index in [1.807, 2.05) is 42.5 Å². The van der Waals surface area contributed by atoms with Gasteiger partial charge in [-0.15, -0.1) is 0 Å². The second kappa shape index (κ2) is 4.15. The quantitative estimate of drug-likeness (QED) is 0.728. The van der Waals surface area contributed by atoms with Crippen molar-refractivity contribution in [2.24, 2.45) is 5.73 Å². The van der Waals surface area contributed by atoms with Crippen LogP contribution in [0.15, 0.2) is 48.5 Å². The molecule has 2 heteroatoms. The van der Waals surface area contributed by atoms with Gasteiger partial charge in [-0.3, -0.25) is 0 Å². The minimum Gasteiger partial charge on any atom is -0.399 e. The summed E-state index contributed by atoms with van der Waals surface area (Å²) < 4.78 is 0. The first-order valence-corrected chi connectivity index (χ1v) is 4.95. The van der Waals surface area contributed by atoms with Crippen LogP contribution >= 0.6 is 0 Å². The van der Waals surface area contributed by atoms with Crippen LogP contribution in [0.3, 0.4) is 0 Å². The molecule has 0 heterocycles. The highest BCUT2D eigenvalue weighted by Gasteiger charge is 2.02. The average molecular weight is 198 g/mol. The summed E-state index contributed by atoms with van der Waals surface area (Å²) in [7, 11) is 0. The third kappa shape index (κ3) is 2.00. The molecule has 0 aromatic heterocycles. The van der Waals surface area contributed by atoms with Crippen LogP contribution in [0.4, 0.5) is 5.69 Å². The van der Waals surface area contributed by atoms with Gasteiger partial charge in [0.25, 0.3) is 0 Å². The minimum atomic E-state index is 0.547. The van der Waals surface area contributed by atoms with Crippen molar-refractivity contribution in [1.82, 2.24) is 0 Å². The van der Waals surface area contributed by atoms with Gasteiger partial charge in [0.1, 0.15) is 0 Å². The van der Waals surface area contributed by atoms with Gasteiger partial charge in [-0.1, -0.05) is 36.4 Å². The van der Waals surface area contributed by atoms with E-state index in [2.05, 4.69) is 6.07 Å². The van der Waals surface area contributed by atoms with Crippen molar-refractivity contribution in [3.05, 3.63) is 54.1 Å². The molecule has 2 aromatic rings. The van der Waals surface area contributed by atoms with Crippen LogP contribution in [0.1, 0.15) is 5.56 Å². The van der Waals surface area contributed by atoms with Crippen LogP contribution in [0.5, 0.6) is 0 Å². The fourth-order valence-electron chi connectivity index (χ4n) is 1.69. The van der Waals surface area contributed by atoms with Gasteiger partial charge in [-0.25, -0.2) is 0 Å². The molecule has 15 heavy (non-hydrogen) atoms. The first-order chi connectivity index (χ1) is 7.31. The van der Waals surface area contributed by atoms with Crippen LogP contribution in [0.2, 0.25) is 0 Å². The molecule has 0 unspecified atom stereocenters. The fourth-order valence-corrected chi connectivity index (χ4v) is 1.69. The number of anilines is 1. The molecular weight excluding hydrogens is 184 g/mol. The first kappa shape index (κ1) is 9.74. The van der Waals surface area contributed by atoms with Crippen LogP contribution < -0.4 is 11.5 Å². The topological polar surface area (TPSA) is 52.0 Å². The number of nitrogen functional groups attached to an aromatic ring is 1. The number of rotatable bonds is 2. The van der Waals surface area contributed by atoms with E-state index in [-0.39, 0.29) is 0 Å². The molecule has 2 nitrogen and oxygen atoms in total. The van der Waals surface area contributed by atoms with Gasteiger partial charge >= 0.3 is 0 Å². The zero-order chi connectivity index (χ0) is 10.7. The van der Waals surface area contributed by atoms with Gasteiger partial charge < -0.3 is 11.5 Å². The Labute approximate surface area is 89.5 Å². The molecule has 0 radical (unpaired) electrons. The Hall–Kier alpha value is -1.80. The predicted octanol–water partition coefficient (Wildman–Crippen LogP) is 2.39. The summed E-state index contributed by atoms with van der Waals surface area (Å²) in [5.74, 6) is 0. The van der Waals surface area contributed by atoms with Gasteiger partial charge in [0.2, 0.25) is 0 Å². The second-order valence-corrected chi connectivity index (χ2v) is 3.49. The van der Waals surface area contributed by atoms with Crippen molar-refractivity contribution in [3.63, 3.8) is 0 Å². The van der Waals surface area contributed by atoms with E-state index in [0.29, 0.717) is 6.54 Å². The summed E-state index contributed by atoms with van der Waals surface area (Å²) in [5, 5.41) is 0. The Kier molecular flexibility index (Phi) is 2.70. The van der Waals surface area contributed by atoms with Crippen LogP contribution in [0.25, 0.3) is 11.1 Å². The molecule has 0 aliphatic heterocycles. The van der Waals surface area contributed by atoms with E-state index in [4.69, 9.17) is 11.5 Å². The van der Waals surface area contributed by atoms with Crippen LogP contribution in [0, 0.1) is 0 Å². The summed E-state index contributed by atoms with van der Waals surface area (Å²) in [5.41, 5.74) is 15.7. The van der Waals surface area contributed by atoms with E-state index in [0.717, 1.165) is 22.4 Å². The molecule has 0 aliphatic rings. The maximum atomic E-state index is 5.76. The highest BCUT2D eigenvalue weighted by Crippen LogP contribution is 2.24. The maximum absolute atomic E-state index is 5.76. The second-order valence-electron chi connectivity index (χ2n) is 3.49. The van der Waals surface area contributed by atoms with Gasteiger partial charge in [0.05, 0.1) is 0 Å². The molecule has 0 atom stereocenters. The molecule has 0 saturated heterocycles. The molecule has 76 valence electrons. The zero-order valence-electron chi connectivity index (χ0n) is 8.48. The molecular formula is C13H14N2. The maximum Gasteiger partial charge on any atom is 0.0320 e. The highest BCUT2D eigenvalue weighted by molar-refractivity contribution is 5.70. The Bertz CT molecular complexity index is 464. The summed E-state index contributed by atoms with van der Waals surface area (Å²) in [4.78, 5) is 0. The largest absolute Gasteiger partial charge is 0.399 e. The number of hydrogen-bond acceptors (Lipinski definition) is 2. The zero-order valence-corrected chi connectivity index (χ0v) is 8.48. The van der Waals surface area contributed by atoms with Gasteiger partial charge in [-0.05, 0) is 28.8 Å². The van der Waals surface area contributed by atoms with Crippen molar-refractivity contribution in [1.29, 1.82) is 0 Å². The van der Waals surface area contributed by atoms with Crippen molar-refractivity contribution < 1.29 is 0 Å². The number of nitrogens with two attached hydrogens (primary N) is 2. The molecule has 2 rings (SSSR count). The Morgan fingerprint density at radius 3 is 2.47 bits per heavy atom. The Balaban J connectivity index is 2.53. The lowest BCUT2D eigenvalue weighted by Gasteiger charge is -2.08. The minimum absolute atomic E-state index is 0.547. The first-order valence-electron chi connectivity index (χ1n) is 4.95. The lowest BCUT2D eigenvalue weighted by molar-refractivity contribution is 1.07. The van der Waals surface area contributed by atoms with Crippen molar-refractivity contribution >= 4 is 5.69 Å². The van der Waals surface area contributed by atoms with Crippen molar-refractivity contribution in [3.8, 4) is 11.1 Å². The van der Waals surface area contributed by atoms with E-state index >= 15 is 0 Å².